The van der Waals surface area contributed by atoms with E-state index in [0.29, 0.717) is 31.1 Å². The Labute approximate surface area is 181 Å². The summed E-state index contributed by atoms with van der Waals surface area (Å²) in [7, 11) is 1.82. The van der Waals surface area contributed by atoms with Crippen molar-refractivity contribution in [3.8, 4) is 11.5 Å². The Morgan fingerprint density at radius 3 is 2.27 bits per heavy atom. The van der Waals surface area contributed by atoms with E-state index in [2.05, 4.69) is 18.8 Å². The molecule has 0 fully saturated rings. The Morgan fingerprint density at radius 2 is 1.63 bits per heavy atom. The van der Waals surface area contributed by atoms with Crippen molar-refractivity contribution in [3.05, 3.63) is 53.9 Å². The van der Waals surface area contributed by atoms with Gasteiger partial charge >= 0.3 is 0 Å². The van der Waals surface area contributed by atoms with Crippen LogP contribution < -0.4 is 9.47 Å². The van der Waals surface area contributed by atoms with Crippen LogP contribution in [0, 0.1) is 0 Å². The number of carbonyl (C=O) groups excluding carboxylic acids is 1. The van der Waals surface area contributed by atoms with Gasteiger partial charge in [-0.1, -0.05) is 45.6 Å². The van der Waals surface area contributed by atoms with Gasteiger partial charge in [0.05, 0.1) is 13.2 Å². The van der Waals surface area contributed by atoms with Gasteiger partial charge in [0, 0.05) is 37.5 Å². The van der Waals surface area contributed by atoms with Crippen molar-refractivity contribution in [2.75, 3.05) is 26.8 Å². The molecule has 0 aliphatic heterocycles. The highest BCUT2D eigenvalue weighted by Crippen LogP contribution is 2.29. The minimum atomic E-state index is -0.0260. The minimum absolute atomic E-state index is 0.0260. The molecule has 5 nitrogen and oxygen atoms in total. The number of pyridine rings is 1. The molecule has 0 radical (unpaired) electrons. The molecule has 164 valence electrons. The van der Waals surface area contributed by atoms with Gasteiger partial charge in [-0.25, -0.2) is 0 Å². The molecule has 1 aromatic carbocycles. The predicted octanol–water partition coefficient (Wildman–Crippen LogP) is 5.53. The highest BCUT2D eigenvalue weighted by atomic mass is 16.5. The van der Waals surface area contributed by atoms with Crippen LogP contribution in [0.2, 0.25) is 0 Å². The third-order valence-electron chi connectivity index (χ3n) is 4.98. The molecule has 0 spiro atoms. The topological polar surface area (TPSA) is 51.7 Å². The van der Waals surface area contributed by atoms with Gasteiger partial charge in [-0.3, -0.25) is 9.78 Å². The average molecular weight is 413 g/mol. The van der Waals surface area contributed by atoms with Crippen LogP contribution in [-0.2, 0) is 6.42 Å². The quantitative estimate of drug-likeness (QED) is 0.383. The van der Waals surface area contributed by atoms with Gasteiger partial charge in [0.1, 0.15) is 0 Å². The summed E-state index contributed by atoms with van der Waals surface area (Å²) in [5, 5.41) is 0. The number of unbranched alkanes of at least 4 members (excludes halogenated alkanes) is 4. The Morgan fingerprint density at radius 1 is 0.933 bits per heavy atom. The van der Waals surface area contributed by atoms with Crippen molar-refractivity contribution in [1.82, 2.24) is 9.88 Å². The van der Waals surface area contributed by atoms with Gasteiger partial charge in [-0.15, -0.1) is 0 Å². The zero-order valence-corrected chi connectivity index (χ0v) is 18.7. The highest BCUT2D eigenvalue weighted by Gasteiger charge is 2.15. The van der Waals surface area contributed by atoms with Crippen LogP contribution >= 0.6 is 0 Å². The number of likely N-dealkylation sites (N-methyl/N-ethyl adjacent to an activating group) is 1. The summed E-state index contributed by atoms with van der Waals surface area (Å²) in [6.07, 6.45) is 9.08. The van der Waals surface area contributed by atoms with Crippen molar-refractivity contribution in [1.29, 1.82) is 0 Å². The molecule has 2 aromatic rings. The summed E-state index contributed by atoms with van der Waals surface area (Å²) in [5.74, 6) is 1.35. The lowest BCUT2D eigenvalue weighted by molar-refractivity contribution is 0.0795. The van der Waals surface area contributed by atoms with Crippen LogP contribution in [0.5, 0.6) is 11.5 Å². The number of nitrogens with zero attached hydrogens (tertiary/aromatic N) is 2. The van der Waals surface area contributed by atoms with E-state index in [1.165, 1.54) is 0 Å². The molecule has 0 saturated carbocycles. The number of amides is 1. The van der Waals surface area contributed by atoms with Gasteiger partial charge in [0.25, 0.3) is 5.91 Å². The van der Waals surface area contributed by atoms with Crippen LogP contribution in [0.4, 0.5) is 0 Å². The molecule has 1 heterocycles. The van der Waals surface area contributed by atoms with Gasteiger partial charge in [0.2, 0.25) is 0 Å². The van der Waals surface area contributed by atoms with E-state index >= 15 is 0 Å². The fourth-order valence-corrected chi connectivity index (χ4v) is 3.09. The number of hydrogen-bond acceptors (Lipinski definition) is 4. The lowest BCUT2D eigenvalue weighted by Crippen LogP contribution is -2.29. The Kier molecular flexibility index (Phi) is 10.8. The standard InChI is InChI=1S/C25H36N2O3/c1-4-6-10-18-29-23-14-13-21(20-24(23)30-19-11-7-5-2)25(28)27(3)17-15-22-12-8-9-16-26-22/h8-9,12-14,16,20H,4-7,10-11,15,17-19H2,1-3H3. The third-order valence-corrected chi connectivity index (χ3v) is 4.98. The van der Waals surface area contributed by atoms with Gasteiger partial charge in [0.15, 0.2) is 11.5 Å². The van der Waals surface area contributed by atoms with Crippen molar-refractivity contribution in [2.24, 2.45) is 0 Å². The van der Waals surface area contributed by atoms with Crippen LogP contribution in [0.15, 0.2) is 42.6 Å². The van der Waals surface area contributed by atoms with Crippen LogP contribution in [0.3, 0.4) is 0 Å². The normalized spacial score (nSPS) is 10.6. The molecule has 1 amide bonds. The molecule has 0 N–H and O–H groups in total. The monoisotopic (exact) mass is 412 g/mol. The maximum Gasteiger partial charge on any atom is 0.253 e. The number of aromatic nitrogens is 1. The fourth-order valence-electron chi connectivity index (χ4n) is 3.09. The molecule has 30 heavy (non-hydrogen) atoms. The molecular formula is C25H36N2O3. The van der Waals surface area contributed by atoms with E-state index < -0.39 is 0 Å². The molecule has 0 aliphatic rings. The lowest BCUT2D eigenvalue weighted by Gasteiger charge is -2.19. The van der Waals surface area contributed by atoms with E-state index in [1.807, 2.05) is 43.4 Å². The van der Waals surface area contributed by atoms with Crippen molar-refractivity contribution in [2.45, 2.75) is 58.8 Å². The molecule has 0 aliphatic carbocycles. The van der Waals surface area contributed by atoms with Gasteiger partial charge in [-0.05, 0) is 43.2 Å². The molecule has 0 atom stereocenters. The maximum atomic E-state index is 12.9. The molecular weight excluding hydrogens is 376 g/mol. The zero-order valence-electron chi connectivity index (χ0n) is 18.7. The Bertz CT molecular complexity index is 749. The smallest absolute Gasteiger partial charge is 0.253 e. The van der Waals surface area contributed by atoms with E-state index in [-0.39, 0.29) is 5.91 Å². The highest BCUT2D eigenvalue weighted by molar-refractivity contribution is 5.94. The summed E-state index contributed by atoms with van der Waals surface area (Å²) in [6.45, 7) is 6.25. The van der Waals surface area contributed by atoms with Crippen molar-refractivity contribution >= 4 is 5.91 Å². The second-order valence-corrected chi connectivity index (χ2v) is 7.57. The second-order valence-electron chi connectivity index (χ2n) is 7.57. The lowest BCUT2D eigenvalue weighted by atomic mass is 10.1. The predicted molar refractivity (Wildman–Crippen MR) is 121 cm³/mol. The fraction of sp³-hybridized carbons (Fsp3) is 0.520. The van der Waals surface area contributed by atoms with Crippen LogP contribution in [-0.4, -0.2) is 42.6 Å². The molecule has 1 aromatic heterocycles. The number of benzene rings is 1. The summed E-state index contributed by atoms with van der Waals surface area (Å²) >= 11 is 0. The van der Waals surface area contributed by atoms with E-state index in [0.717, 1.165) is 56.4 Å². The number of carbonyl (C=O) groups is 1. The first-order valence-electron chi connectivity index (χ1n) is 11.2. The second kappa shape index (κ2) is 13.6. The number of hydrogen-bond donors (Lipinski definition) is 0. The van der Waals surface area contributed by atoms with Crippen LogP contribution in [0.1, 0.15) is 68.4 Å². The number of rotatable bonds is 14. The first-order valence-corrected chi connectivity index (χ1v) is 11.2. The zero-order chi connectivity index (χ0) is 21.6. The van der Waals surface area contributed by atoms with Crippen molar-refractivity contribution in [3.63, 3.8) is 0 Å². The van der Waals surface area contributed by atoms with Gasteiger partial charge < -0.3 is 14.4 Å². The van der Waals surface area contributed by atoms with E-state index in [4.69, 9.17) is 9.47 Å². The molecule has 0 unspecified atom stereocenters. The molecule has 5 heteroatoms. The minimum Gasteiger partial charge on any atom is -0.490 e. The van der Waals surface area contributed by atoms with E-state index in [1.54, 1.807) is 11.1 Å². The summed E-state index contributed by atoms with van der Waals surface area (Å²) in [5.41, 5.74) is 1.60. The summed E-state index contributed by atoms with van der Waals surface area (Å²) < 4.78 is 11.9. The van der Waals surface area contributed by atoms with Gasteiger partial charge in [-0.2, -0.15) is 0 Å². The summed E-state index contributed by atoms with van der Waals surface area (Å²) in [4.78, 5) is 19.0. The Hall–Kier alpha value is -2.56. The molecule has 2 rings (SSSR count). The first kappa shape index (κ1) is 23.7. The summed E-state index contributed by atoms with van der Waals surface area (Å²) in [6, 6.07) is 11.3. The van der Waals surface area contributed by atoms with Crippen LogP contribution in [0.25, 0.3) is 0 Å². The SMILES string of the molecule is CCCCCOc1ccc(C(=O)N(C)CCc2ccccn2)cc1OCCCCC. The van der Waals surface area contributed by atoms with Crippen molar-refractivity contribution < 1.29 is 14.3 Å². The Balaban J connectivity index is 2.02. The maximum absolute atomic E-state index is 12.9. The third kappa shape index (κ3) is 8.05. The molecule has 0 bridgehead atoms. The van der Waals surface area contributed by atoms with E-state index in [9.17, 15) is 4.79 Å². The average Bonchev–Trinajstić information content (AvgIpc) is 2.78. The first-order chi connectivity index (χ1) is 14.7. The molecule has 0 saturated heterocycles. The largest absolute Gasteiger partial charge is 0.490 e. The number of ether oxygens (including phenoxy) is 2.